The predicted molar refractivity (Wildman–Crippen MR) is 72.1 cm³/mol. The molecular formula is C16H16. The van der Waals surface area contributed by atoms with Crippen LogP contribution in [0, 0.1) is 0 Å². The van der Waals surface area contributed by atoms with Gasteiger partial charge < -0.3 is 0 Å². The molecule has 0 saturated heterocycles. The van der Waals surface area contributed by atoms with E-state index in [0.717, 1.165) is 5.57 Å². The third-order valence-corrected chi connectivity index (χ3v) is 2.06. The Morgan fingerprint density at radius 3 is 2.50 bits per heavy atom. The summed E-state index contributed by atoms with van der Waals surface area (Å²) in [6.45, 7) is 5.61. The molecule has 0 heteroatoms. The second-order valence-corrected chi connectivity index (χ2v) is 3.25. The fraction of sp³-hybridized carbons (Fsp3) is 0.0625. The van der Waals surface area contributed by atoms with E-state index in [9.17, 15) is 0 Å². The Morgan fingerprint density at radius 1 is 1.12 bits per heavy atom. The molecule has 0 heterocycles. The van der Waals surface area contributed by atoms with Gasteiger partial charge >= 0.3 is 0 Å². The minimum atomic E-state index is 1.11. The molecule has 0 aliphatic rings. The molecule has 1 rings (SSSR count). The van der Waals surface area contributed by atoms with Gasteiger partial charge in [-0.25, -0.2) is 0 Å². The molecule has 0 amide bonds. The lowest BCUT2D eigenvalue weighted by molar-refractivity contribution is 1.62. The fourth-order valence-corrected chi connectivity index (χ4v) is 1.30. The highest BCUT2D eigenvalue weighted by Crippen LogP contribution is 2.14. The molecule has 80 valence electrons. The van der Waals surface area contributed by atoms with E-state index in [1.165, 1.54) is 5.56 Å². The SMILES string of the molecule is C=C=C\C(=C/C=C\C=C\C)c1ccccc1. The molecule has 0 nitrogen and oxygen atoms in total. The van der Waals surface area contributed by atoms with Crippen molar-refractivity contribution in [2.75, 3.05) is 0 Å². The van der Waals surface area contributed by atoms with Crippen LogP contribution in [0.1, 0.15) is 12.5 Å². The van der Waals surface area contributed by atoms with Crippen molar-refractivity contribution in [3.63, 3.8) is 0 Å². The molecule has 1 aromatic carbocycles. The van der Waals surface area contributed by atoms with Gasteiger partial charge in [-0.3, -0.25) is 0 Å². The topological polar surface area (TPSA) is 0 Å². The highest BCUT2D eigenvalue weighted by Gasteiger charge is 1.93. The normalized spacial score (nSPS) is 11.9. The van der Waals surface area contributed by atoms with E-state index in [4.69, 9.17) is 0 Å². The number of allylic oxidation sites excluding steroid dienone is 7. The second-order valence-electron chi connectivity index (χ2n) is 3.25. The van der Waals surface area contributed by atoms with Gasteiger partial charge in [-0.2, -0.15) is 0 Å². The maximum atomic E-state index is 3.61. The summed E-state index contributed by atoms with van der Waals surface area (Å²) >= 11 is 0. The largest absolute Gasteiger partial charge is 0.128 e. The average molecular weight is 208 g/mol. The molecule has 0 bridgehead atoms. The minimum absolute atomic E-state index is 1.11. The van der Waals surface area contributed by atoms with Crippen LogP contribution in [0.4, 0.5) is 0 Å². The first-order chi connectivity index (χ1) is 7.88. The van der Waals surface area contributed by atoms with Crippen molar-refractivity contribution in [1.29, 1.82) is 0 Å². The van der Waals surface area contributed by atoms with Gasteiger partial charge in [0.05, 0.1) is 0 Å². The maximum absolute atomic E-state index is 3.61. The molecule has 0 spiro atoms. The first-order valence-corrected chi connectivity index (χ1v) is 5.29. The Kier molecular flexibility index (Phi) is 5.47. The van der Waals surface area contributed by atoms with Gasteiger partial charge in [0.15, 0.2) is 0 Å². The van der Waals surface area contributed by atoms with Crippen molar-refractivity contribution in [1.82, 2.24) is 0 Å². The summed E-state index contributed by atoms with van der Waals surface area (Å²) in [6, 6.07) is 10.2. The van der Waals surface area contributed by atoms with E-state index >= 15 is 0 Å². The molecule has 0 saturated carbocycles. The van der Waals surface area contributed by atoms with Gasteiger partial charge in [-0.15, -0.1) is 5.73 Å². The van der Waals surface area contributed by atoms with Crippen molar-refractivity contribution in [3.8, 4) is 0 Å². The summed E-state index contributed by atoms with van der Waals surface area (Å²) in [4.78, 5) is 0. The second kappa shape index (κ2) is 7.28. The van der Waals surface area contributed by atoms with Crippen LogP contribution < -0.4 is 0 Å². The summed E-state index contributed by atoms with van der Waals surface area (Å²) in [5.74, 6) is 0. The van der Waals surface area contributed by atoms with Gasteiger partial charge in [0, 0.05) is 0 Å². The highest BCUT2D eigenvalue weighted by atomic mass is 14.0. The van der Waals surface area contributed by atoms with Crippen LogP contribution in [0.5, 0.6) is 0 Å². The first-order valence-electron chi connectivity index (χ1n) is 5.29. The van der Waals surface area contributed by atoms with Crippen LogP contribution in [0.3, 0.4) is 0 Å². The lowest BCUT2D eigenvalue weighted by Gasteiger charge is -1.99. The van der Waals surface area contributed by atoms with E-state index in [1.54, 1.807) is 0 Å². The van der Waals surface area contributed by atoms with Gasteiger partial charge in [-0.1, -0.05) is 67.3 Å². The van der Waals surface area contributed by atoms with Crippen LogP contribution in [0.2, 0.25) is 0 Å². The molecule has 16 heavy (non-hydrogen) atoms. The summed E-state index contributed by atoms with van der Waals surface area (Å²) in [7, 11) is 0. The van der Waals surface area contributed by atoms with Gasteiger partial charge in [0.2, 0.25) is 0 Å². The summed E-state index contributed by atoms with van der Waals surface area (Å²) in [5.41, 5.74) is 5.09. The molecule has 0 N–H and O–H groups in total. The Hall–Kier alpha value is -2.04. The Morgan fingerprint density at radius 2 is 1.88 bits per heavy atom. The van der Waals surface area contributed by atoms with E-state index in [2.05, 4.69) is 24.4 Å². The van der Waals surface area contributed by atoms with E-state index in [1.807, 2.05) is 61.6 Å². The molecule has 1 aromatic rings. The van der Waals surface area contributed by atoms with Gasteiger partial charge in [-0.05, 0) is 24.1 Å². The zero-order chi connectivity index (χ0) is 11.6. The average Bonchev–Trinajstić information content (AvgIpc) is 2.34. The monoisotopic (exact) mass is 208 g/mol. The Bertz CT molecular complexity index is 438. The quantitative estimate of drug-likeness (QED) is 0.503. The van der Waals surface area contributed by atoms with Crippen LogP contribution in [-0.2, 0) is 0 Å². The summed E-state index contributed by atoms with van der Waals surface area (Å²) in [6.07, 6.45) is 11.9. The number of benzene rings is 1. The van der Waals surface area contributed by atoms with E-state index < -0.39 is 0 Å². The Balaban J connectivity index is 2.96. The molecular weight excluding hydrogens is 192 g/mol. The zero-order valence-corrected chi connectivity index (χ0v) is 9.56. The van der Waals surface area contributed by atoms with Crippen LogP contribution >= 0.6 is 0 Å². The van der Waals surface area contributed by atoms with Crippen molar-refractivity contribution < 1.29 is 0 Å². The highest BCUT2D eigenvalue weighted by molar-refractivity contribution is 5.74. The molecule has 0 aromatic heterocycles. The smallest absolute Gasteiger partial charge is 0.0107 e. The van der Waals surface area contributed by atoms with Crippen LogP contribution in [-0.4, -0.2) is 0 Å². The standard InChI is InChI=1S/C16H16/c1-3-5-6-8-12-15(11-4-2)16-13-9-7-10-14-16/h3,5-14H,2H2,1H3/b5-3+,8-6-,15-12+. The molecule has 0 unspecified atom stereocenters. The van der Waals surface area contributed by atoms with Gasteiger partial charge in [0.25, 0.3) is 0 Å². The number of hydrogen-bond donors (Lipinski definition) is 0. The lowest BCUT2D eigenvalue weighted by atomic mass is 10.1. The minimum Gasteiger partial charge on any atom is -0.128 e. The number of hydrogen-bond acceptors (Lipinski definition) is 0. The Labute approximate surface area is 97.6 Å². The van der Waals surface area contributed by atoms with Crippen molar-refractivity contribution in [2.24, 2.45) is 0 Å². The van der Waals surface area contributed by atoms with Crippen LogP contribution in [0.25, 0.3) is 5.57 Å². The third kappa shape index (κ3) is 4.00. The summed E-state index contributed by atoms with van der Waals surface area (Å²) < 4.78 is 0. The molecule has 0 atom stereocenters. The summed E-state index contributed by atoms with van der Waals surface area (Å²) in [5, 5.41) is 0. The predicted octanol–water partition coefficient (Wildman–Crippen LogP) is 4.54. The van der Waals surface area contributed by atoms with Gasteiger partial charge in [0.1, 0.15) is 0 Å². The zero-order valence-electron chi connectivity index (χ0n) is 9.56. The molecule has 0 aliphatic carbocycles. The van der Waals surface area contributed by atoms with Crippen LogP contribution in [0.15, 0.2) is 79.1 Å². The van der Waals surface area contributed by atoms with E-state index in [-0.39, 0.29) is 0 Å². The maximum Gasteiger partial charge on any atom is -0.0107 e. The van der Waals surface area contributed by atoms with Crippen molar-refractivity contribution >= 4 is 5.57 Å². The van der Waals surface area contributed by atoms with Crippen molar-refractivity contribution in [2.45, 2.75) is 6.92 Å². The third-order valence-electron chi connectivity index (χ3n) is 2.06. The van der Waals surface area contributed by atoms with E-state index in [0.29, 0.717) is 0 Å². The van der Waals surface area contributed by atoms with Crippen molar-refractivity contribution in [3.05, 3.63) is 84.7 Å². The molecule has 0 aliphatic heterocycles. The lowest BCUT2D eigenvalue weighted by Crippen LogP contribution is -1.78. The first kappa shape index (κ1) is 12.0. The molecule has 0 fully saturated rings. The molecule has 0 radical (unpaired) electrons. The number of rotatable bonds is 4. The fourth-order valence-electron chi connectivity index (χ4n) is 1.30.